The first-order chi connectivity index (χ1) is 13.4. The van der Waals surface area contributed by atoms with E-state index in [0.717, 1.165) is 16.8 Å². The summed E-state index contributed by atoms with van der Waals surface area (Å²) in [5.74, 6) is -0.119. The summed E-state index contributed by atoms with van der Waals surface area (Å²) in [4.78, 5) is 24.5. The first-order valence-corrected chi connectivity index (χ1v) is 9.67. The van der Waals surface area contributed by atoms with Crippen molar-refractivity contribution in [3.8, 4) is 0 Å². The van der Waals surface area contributed by atoms with Crippen molar-refractivity contribution in [3.63, 3.8) is 0 Å². The molecule has 1 aromatic heterocycles. The molecule has 0 saturated carbocycles. The van der Waals surface area contributed by atoms with Gasteiger partial charge in [-0.15, -0.1) is 10.2 Å². The lowest BCUT2D eigenvalue weighted by Crippen LogP contribution is -2.15. The lowest BCUT2D eigenvalue weighted by molar-refractivity contribution is -0.113. The minimum Gasteiger partial charge on any atom is -0.325 e. The number of amides is 2. The number of carbonyl (C=O) groups is 2. The van der Waals surface area contributed by atoms with E-state index in [-0.39, 0.29) is 17.6 Å². The Morgan fingerprint density at radius 3 is 2.50 bits per heavy atom. The number of aromatic nitrogens is 3. The van der Waals surface area contributed by atoms with Gasteiger partial charge in [-0.2, -0.15) is 0 Å². The van der Waals surface area contributed by atoms with Crippen LogP contribution in [0.3, 0.4) is 0 Å². The Balaban J connectivity index is 1.56. The monoisotopic (exact) mass is 395 g/mol. The van der Waals surface area contributed by atoms with Crippen LogP contribution >= 0.6 is 11.8 Å². The van der Waals surface area contributed by atoms with Crippen molar-refractivity contribution in [1.82, 2.24) is 14.8 Å². The second kappa shape index (κ2) is 8.71. The van der Waals surface area contributed by atoms with E-state index in [4.69, 9.17) is 0 Å². The average Bonchev–Trinajstić information content (AvgIpc) is 3.09. The maximum absolute atomic E-state index is 12.5. The van der Waals surface area contributed by atoms with Gasteiger partial charge in [0.15, 0.2) is 5.16 Å². The van der Waals surface area contributed by atoms with E-state index >= 15 is 0 Å². The topological polar surface area (TPSA) is 88.9 Å². The number of thioether (sulfide) groups is 1. The van der Waals surface area contributed by atoms with Gasteiger partial charge in [0.05, 0.1) is 5.75 Å². The van der Waals surface area contributed by atoms with Crippen molar-refractivity contribution in [2.75, 3.05) is 16.4 Å². The van der Waals surface area contributed by atoms with Crippen LogP contribution in [0.5, 0.6) is 0 Å². The standard InChI is InChI=1S/C20H21N5O2S/c1-13-5-4-6-17(14(13)2)23-19(27)15-7-9-16(10-8-15)22-18(26)11-28-20-24-21-12-25(20)3/h4-10,12H,11H2,1-3H3,(H,22,26)(H,23,27). The highest BCUT2D eigenvalue weighted by atomic mass is 32.2. The van der Waals surface area contributed by atoms with Crippen molar-refractivity contribution in [2.24, 2.45) is 7.05 Å². The number of nitrogens with one attached hydrogen (secondary N) is 2. The highest BCUT2D eigenvalue weighted by molar-refractivity contribution is 7.99. The molecule has 3 rings (SSSR count). The zero-order chi connectivity index (χ0) is 20.1. The largest absolute Gasteiger partial charge is 0.325 e. The third kappa shape index (κ3) is 4.77. The molecule has 0 radical (unpaired) electrons. The zero-order valence-corrected chi connectivity index (χ0v) is 16.7. The molecule has 144 valence electrons. The predicted molar refractivity (Wildman–Crippen MR) is 111 cm³/mol. The molecular weight excluding hydrogens is 374 g/mol. The summed E-state index contributed by atoms with van der Waals surface area (Å²) in [6.07, 6.45) is 1.59. The summed E-state index contributed by atoms with van der Waals surface area (Å²) in [5.41, 5.74) is 4.11. The van der Waals surface area contributed by atoms with Gasteiger partial charge in [-0.3, -0.25) is 9.59 Å². The molecule has 2 N–H and O–H groups in total. The maximum atomic E-state index is 12.5. The van der Waals surface area contributed by atoms with Crippen LogP contribution in [0.25, 0.3) is 0 Å². The van der Waals surface area contributed by atoms with E-state index in [1.807, 2.05) is 39.1 Å². The van der Waals surface area contributed by atoms with E-state index in [9.17, 15) is 9.59 Å². The Morgan fingerprint density at radius 1 is 1.07 bits per heavy atom. The molecule has 0 spiro atoms. The van der Waals surface area contributed by atoms with Crippen molar-refractivity contribution in [2.45, 2.75) is 19.0 Å². The van der Waals surface area contributed by atoms with Crippen molar-refractivity contribution < 1.29 is 9.59 Å². The van der Waals surface area contributed by atoms with E-state index in [1.165, 1.54) is 11.8 Å². The predicted octanol–water partition coefficient (Wildman–Crippen LogP) is 3.42. The molecule has 0 aliphatic rings. The number of carbonyl (C=O) groups excluding carboxylic acids is 2. The molecule has 0 aliphatic heterocycles. The Bertz CT molecular complexity index is 998. The molecular formula is C20H21N5O2S. The third-order valence-corrected chi connectivity index (χ3v) is 5.32. The molecule has 1 heterocycles. The van der Waals surface area contributed by atoms with Gasteiger partial charge in [-0.1, -0.05) is 23.9 Å². The van der Waals surface area contributed by atoms with Crippen LogP contribution in [0.1, 0.15) is 21.5 Å². The van der Waals surface area contributed by atoms with Gasteiger partial charge >= 0.3 is 0 Å². The number of benzene rings is 2. The highest BCUT2D eigenvalue weighted by Gasteiger charge is 2.10. The summed E-state index contributed by atoms with van der Waals surface area (Å²) >= 11 is 1.31. The van der Waals surface area contributed by atoms with Crippen molar-refractivity contribution in [1.29, 1.82) is 0 Å². The Hall–Kier alpha value is -3.13. The molecule has 0 aliphatic carbocycles. The quantitative estimate of drug-likeness (QED) is 0.625. The zero-order valence-electron chi connectivity index (χ0n) is 15.9. The first kappa shape index (κ1) is 19.6. The number of aryl methyl sites for hydroxylation is 2. The van der Waals surface area contributed by atoms with Crippen molar-refractivity contribution in [3.05, 3.63) is 65.5 Å². The Kier molecular flexibility index (Phi) is 6.10. The van der Waals surface area contributed by atoms with Crippen LogP contribution in [0, 0.1) is 13.8 Å². The fourth-order valence-corrected chi connectivity index (χ4v) is 3.20. The van der Waals surface area contributed by atoms with Gasteiger partial charge < -0.3 is 15.2 Å². The molecule has 0 unspecified atom stereocenters. The van der Waals surface area contributed by atoms with E-state index < -0.39 is 0 Å². The molecule has 0 saturated heterocycles. The summed E-state index contributed by atoms with van der Waals surface area (Å²) in [7, 11) is 1.82. The molecule has 7 nitrogen and oxygen atoms in total. The number of rotatable bonds is 6. The first-order valence-electron chi connectivity index (χ1n) is 8.68. The van der Waals surface area contributed by atoms with Gasteiger partial charge in [-0.25, -0.2) is 0 Å². The van der Waals surface area contributed by atoms with Crippen LogP contribution in [-0.2, 0) is 11.8 Å². The summed E-state index contributed by atoms with van der Waals surface area (Å²) in [6, 6.07) is 12.6. The third-order valence-electron chi connectivity index (χ3n) is 4.29. The van der Waals surface area contributed by atoms with Crippen LogP contribution in [0.2, 0.25) is 0 Å². The average molecular weight is 395 g/mol. The molecule has 0 fully saturated rings. The minimum atomic E-state index is -0.190. The van der Waals surface area contributed by atoms with Crippen LogP contribution in [-0.4, -0.2) is 32.3 Å². The maximum Gasteiger partial charge on any atom is 0.255 e. The number of nitrogens with zero attached hydrogens (tertiary/aromatic N) is 3. The second-order valence-electron chi connectivity index (χ2n) is 6.34. The minimum absolute atomic E-state index is 0.152. The summed E-state index contributed by atoms with van der Waals surface area (Å²) in [6.45, 7) is 3.98. The van der Waals surface area contributed by atoms with Crippen LogP contribution < -0.4 is 10.6 Å². The molecule has 3 aromatic rings. The van der Waals surface area contributed by atoms with Gasteiger partial charge in [0.1, 0.15) is 6.33 Å². The van der Waals surface area contributed by atoms with E-state index in [1.54, 1.807) is 35.2 Å². The highest BCUT2D eigenvalue weighted by Crippen LogP contribution is 2.20. The fraction of sp³-hybridized carbons (Fsp3) is 0.200. The molecule has 0 atom stereocenters. The van der Waals surface area contributed by atoms with Gasteiger partial charge in [0.25, 0.3) is 5.91 Å². The lowest BCUT2D eigenvalue weighted by atomic mass is 10.1. The van der Waals surface area contributed by atoms with E-state index in [2.05, 4.69) is 20.8 Å². The number of hydrogen-bond donors (Lipinski definition) is 2. The fourth-order valence-electron chi connectivity index (χ4n) is 2.52. The van der Waals surface area contributed by atoms with Gasteiger partial charge in [0, 0.05) is 24.0 Å². The smallest absolute Gasteiger partial charge is 0.255 e. The summed E-state index contributed by atoms with van der Waals surface area (Å²) < 4.78 is 1.75. The van der Waals surface area contributed by atoms with Gasteiger partial charge in [-0.05, 0) is 55.3 Å². The molecule has 2 amide bonds. The van der Waals surface area contributed by atoms with Crippen LogP contribution in [0.4, 0.5) is 11.4 Å². The Morgan fingerprint density at radius 2 is 1.82 bits per heavy atom. The molecule has 2 aromatic carbocycles. The number of hydrogen-bond acceptors (Lipinski definition) is 5. The second-order valence-corrected chi connectivity index (χ2v) is 7.28. The SMILES string of the molecule is Cc1cccc(NC(=O)c2ccc(NC(=O)CSc3nncn3C)cc2)c1C. The Labute approximate surface area is 167 Å². The molecule has 28 heavy (non-hydrogen) atoms. The van der Waals surface area contributed by atoms with Crippen LogP contribution in [0.15, 0.2) is 53.9 Å². The molecule has 0 bridgehead atoms. The van der Waals surface area contributed by atoms with Gasteiger partial charge in [0.2, 0.25) is 5.91 Å². The normalized spacial score (nSPS) is 10.5. The van der Waals surface area contributed by atoms with E-state index in [0.29, 0.717) is 16.4 Å². The van der Waals surface area contributed by atoms with Crippen molar-refractivity contribution >= 4 is 35.0 Å². The molecule has 8 heteroatoms. The lowest BCUT2D eigenvalue weighted by Gasteiger charge is -2.11. The summed E-state index contributed by atoms with van der Waals surface area (Å²) in [5, 5.41) is 14.1. The number of anilines is 2.